The maximum Gasteiger partial charge on any atom is 0.101 e. The second-order valence-electron chi connectivity index (χ2n) is 4.06. The highest BCUT2D eigenvalue weighted by Gasteiger charge is 2.62. The van der Waals surface area contributed by atoms with E-state index in [1.54, 1.807) is 0 Å². The van der Waals surface area contributed by atoms with Crippen molar-refractivity contribution in [2.24, 2.45) is 5.92 Å². The van der Waals surface area contributed by atoms with E-state index in [1.807, 2.05) is 25.2 Å². The lowest BCUT2D eigenvalue weighted by Crippen LogP contribution is -2.33. The molecule has 3 aliphatic rings. The topological polar surface area (TPSA) is 34.1 Å². The molecule has 1 fully saturated rings. The van der Waals surface area contributed by atoms with Crippen LogP contribution in [0.15, 0.2) is 22.6 Å². The van der Waals surface area contributed by atoms with Crippen molar-refractivity contribution in [2.45, 2.75) is 22.2 Å². The molecule has 14 heavy (non-hydrogen) atoms. The summed E-state index contributed by atoms with van der Waals surface area (Å²) in [5.74, 6) is 0.103. The van der Waals surface area contributed by atoms with Gasteiger partial charge in [0.2, 0.25) is 0 Å². The minimum Gasteiger partial charge on any atom is -0.258 e. The second-order valence-corrected chi connectivity index (χ2v) is 8.29. The molecule has 0 saturated carbocycles. The van der Waals surface area contributed by atoms with Crippen molar-refractivity contribution in [3.63, 3.8) is 0 Å². The van der Waals surface area contributed by atoms with Crippen LogP contribution in [0.2, 0.25) is 0 Å². The van der Waals surface area contributed by atoms with Crippen molar-refractivity contribution in [1.29, 1.82) is 0 Å². The Morgan fingerprint density at radius 1 is 1.50 bits per heavy atom. The molecule has 5 heteroatoms. The molecule has 2 nitrogen and oxygen atoms in total. The summed E-state index contributed by atoms with van der Waals surface area (Å²) in [6, 6.07) is 0. The smallest absolute Gasteiger partial charge is 0.101 e. The number of hydrogen-bond acceptors (Lipinski definition) is 2. The predicted molar refractivity (Wildman–Crippen MR) is 58.8 cm³/mol. The standard InChI is InChI=1S/C9H9ClO2S2/c1-9-3-2-6(14(9)12)8-5(9)4-7(10)13(8)11/h2-6,8H,1H3/t5-,6?,8+,9-,13+,14?/m0/s1. The number of fused-ring (bicyclic) bond motifs is 5. The third-order valence-corrected chi connectivity index (χ3v) is 7.96. The Kier molecular flexibility index (Phi) is 1.73. The van der Waals surface area contributed by atoms with E-state index in [4.69, 9.17) is 11.6 Å². The summed E-state index contributed by atoms with van der Waals surface area (Å²) in [7, 11) is -2.06. The van der Waals surface area contributed by atoms with Crippen LogP contribution in [0.4, 0.5) is 0 Å². The van der Waals surface area contributed by atoms with Gasteiger partial charge >= 0.3 is 0 Å². The molecule has 0 radical (unpaired) electrons. The van der Waals surface area contributed by atoms with E-state index in [9.17, 15) is 8.42 Å². The number of allylic oxidation sites excluding steroid dienone is 1. The number of halogens is 1. The molecule has 2 bridgehead atoms. The number of rotatable bonds is 0. The molecule has 0 amide bonds. The van der Waals surface area contributed by atoms with Gasteiger partial charge in [0.25, 0.3) is 0 Å². The predicted octanol–water partition coefficient (Wildman–Crippen LogP) is 1.27. The molecule has 76 valence electrons. The van der Waals surface area contributed by atoms with Crippen LogP contribution in [0.3, 0.4) is 0 Å². The molecule has 3 aliphatic heterocycles. The fourth-order valence-corrected chi connectivity index (χ4v) is 7.13. The Morgan fingerprint density at radius 3 is 2.86 bits per heavy atom. The molecule has 0 aromatic heterocycles. The first-order valence-electron chi connectivity index (χ1n) is 4.43. The average molecular weight is 249 g/mol. The maximum atomic E-state index is 12.0. The van der Waals surface area contributed by atoms with Crippen LogP contribution in [0.25, 0.3) is 0 Å². The van der Waals surface area contributed by atoms with Gasteiger partial charge < -0.3 is 0 Å². The Labute approximate surface area is 92.3 Å². The monoisotopic (exact) mass is 248 g/mol. The molecule has 3 heterocycles. The zero-order chi connectivity index (χ0) is 10.1. The summed E-state index contributed by atoms with van der Waals surface area (Å²) >= 11 is 5.87. The van der Waals surface area contributed by atoms with E-state index in [-0.39, 0.29) is 21.2 Å². The largest absolute Gasteiger partial charge is 0.258 e. The normalized spacial score (nSPS) is 59.0. The number of hydrogen-bond donors (Lipinski definition) is 0. The highest BCUT2D eigenvalue weighted by Crippen LogP contribution is 2.53. The Balaban J connectivity index is 2.18. The van der Waals surface area contributed by atoms with Crippen LogP contribution < -0.4 is 0 Å². The fraction of sp³-hybridized carbons (Fsp3) is 0.556. The van der Waals surface area contributed by atoms with Crippen LogP contribution in [0, 0.1) is 5.92 Å². The Bertz CT molecular complexity index is 429. The van der Waals surface area contributed by atoms with Gasteiger partial charge in [0.1, 0.15) is 4.36 Å². The molecule has 0 aliphatic carbocycles. The van der Waals surface area contributed by atoms with E-state index in [0.29, 0.717) is 4.36 Å². The molecular formula is C9H9ClO2S2. The van der Waals surface area contributed by atoms with Gasteiger partial charge in [-0.25, -0.2) is 0 Å². The van der Waals surface area contributed by atoms with Crippen molar-refractivity contribution >= 4 is 33.2 Å². The van der Waals surface area contributed by atoms with Gasteiger partial charge in [-0.05, 0) is 6.92 Å². The van der Waals surface area contributed by atoms with Gasteiger partial charge in [-0.3, -0.25) is 8.42 Å². The van der Waals surface area contributed by atoms with Crippen LogP contribution in [-0.2, 0) is 21.6 Å². The molecular weight excluding hydrogens is 240 g/mol. The summed E-state index contributed by atoms with van der Waals surface area (Å²) in [5, 5.41) is -0.100. The fourth-order valence-electron chi connectivity index (χ4n) is 2.58. The van der Waals surface area contributed by atoms with Crippen molar-refractivity contribution in [2.75, 3.05) is 0 Å². The highest BCUT2D eigenvalue weighted by atomic mass is 35.5. The Morgan fingerprint density at radius 2 is 2.21 bits per heavy atom. The lowest BCUT2D eigenvalue weighted by Gasteiger charge is -2.23. The van der Waals surface area contributed by atoms with Gasteiger partial charge in [-0.15, -0.1) is 0 Å². The lowest BCUT2D eigenvalue weighted by molar-refractivity contribution is 0.545. The van der Waals surface area contributed by atoms with Crippen LogP contribution in [0.1, 0.15) is 6.92 Å². The molecule has 6 atom stereocenters. The molecule has 0 N–H and O–H groups in total. The molecule has 0 aromatic carbocycles. The zero-order valence-corrected chi connectivity index (χ0v) is 9.86. The molecule has 0 spiro atoms. The van der Waals surface area contributed by atoms with E-state index in [0.717, 1.165) is 0 Å². The van der Waals surface area contributed by atoms with Crippen LogP contribution in [0.5, 0.6) is 0 Å². The first-order valence-corrected chi connectivity index (χ1v) is 7.24. The molecule has 3 rings (SSSR count). The summed E-state index contributed by atoms with van der Waals surface area (Å²) in [6.07, 6.45) is 5.78. The van der Waals surface area contributed by atoms with Crippen molar-refractivity contribution in [3.05, 3.63) is 22.6 Å². The van der Waals surface area contributed by atoms with Gasteiger partial charge in [-0.2, -0.15) is 0 Å². The minimum absolute atomic E-state index is 0.0432. The van der Waals surface area contributed by atoms with E-state index >= 15 is 0 Å². The van der Waals surface area contributed by atoms with Gasteiger partial charge in [-0.1, -0.05) is 29.8 Å². The molecule has 1 saturated heterocycles. The van der Waals surface area contributed by atoms with Crippen molar-refractivity contribution in [1.82, 2.24) is 0 Å². The third-order valence-electron chi connectivity index (χ3n) is 3.39. The summed E-state index contributed by atoms with van der Waals surface area (Å²) < 4.78 is 23.9. The van der Waals surface area contributed by atoms with Gasteiger partial charge in [0.15, 0.2) is 0 Å². The maximum absolute atomic E-state index is 12.0. The average Bonchev–Trinajstić information content (AvgIpc) is 2.65. The highest BCUT2D eigenvalue weighted by molar-refractivity contribution is 7.95. The lowest BCUT2D eigenvalue weighted by atomic mass is 9.85. The first kappa shape index (κ1) is 9.31. The van der Waals surface area contributed by atoms with E-state index in [2.05, 4.69) is 0 Å². The minimum atomic E-state index is -1.14. The van der Waals surface area contributed by atoms with Crippen LogP contribution in [-0.4, -0.2) is 23.7 Å². The van der Waals surface area contributed by atoms with Crippen LogP contribution >= 0.6 is 11.6 Å². The second kappa shape index (κ2) is 2.60. The third kappa shape index (κ3) is 0.836. The molecule has 0 aromatic rings. The first-order chi connectivity index (χ1) is 6.55. The summed E-state index contributed by atoms with van der Waals surface area (Å²) in [5.41, 5.74) is 0. The summed E-state index contributed by atoms with van der Waals surface area (Å²) in [6.45, 7) is 1.97. The SMILES string of the molecule is C[C@]12C=CC([C@H]3[C@@H]1C=C(Cl)[S@]3=O)S2=O. The van der Waals surface area contributed by atoms with Gasteiger partial charge in [0.05, 0.1) is 26.0 Å². The quantitative estimate of drug-likeness (QED) is 0.605. The summed E-state index contributed by atoms with van der Waals surface area (Å²) in [4.78, 5) is 0. The van der Waals surface area contributed by atoms with E-state index < -0.39 is 21.6 Å². The van der Waals surface area contributed by atoms with Crippen molar-refractivity contribution < 1.29 is 8.42 Å². The Hall–Kier alpha value is 0.0700. The van der Waals surface area contributed by atoms with Gasteiger partial charge in [0, 0.05) is 16.7 Å². The van der Waals surface area contributed by atoms with Crippen molar-refractivity contribution in [3.8, 4) is 0 Å². The van der Waals surface area contributed by atoms with E-state index in [1.165, 1.54) is 0 Å². The molecule has 2 unspecified atom stereocenters. The zero-order valence-electron chi connectivity index (χ0n) is 7.48.